The van der Waals surface area contributed by atoms with Gasteiger partial charge in [0.25, 0.3) is 0 Å². The third-order valence-corrected chi connectivity index (χ3v) is 4.02. The molecule has 0 radical (unpaired) electrons. The molecular weight excluding hydrogens is 252 g/mol. The van der Waals surface area contributed by atoms with Crippen LogP contribution in [0.15, 0.2) is 29.1 Å². The van der Waals surface area contributed by atoms with Gasteiger partial charge >= 0.3 is 5.97 Å². The van der Waals surface area contributed by atoms with E-state index in [4.69, 9.17) is 5.11 Å². The van der Waals surface area contributed by atoms with Gasteiger partial charge in [-0.1, -0.05) is 11.8 Å². The van der Waals surface area contributed by atoms with E-state index in [1.807, 2.05) is 6.92 Å². The fourth-order valence-corrected chi connectivity index (χ4v) is 3.07. The number of nitrogens with zero attached hydrogens (tertiary/aromatic N) is 4. The summed E-state index contributed by atoms with van der Waals surface area (Å²) in [6, 6.07) is 3.88. The molecule has 18 heavy (non-hydrogen) atoms. The van der Waals surface area contributed by atoms with Crippen LogP contribution in [0.5, 0.6) is 0 Å². The van der Waals surface area contributed by atoms with Gasteiger partial charge in [0.1, 0.15) is 11.0 Å². The number of carbonyl (C=O) groups is 1. The van der Waals surface area contributed by atoms with E-state index in [-0.39, 0.29) is 10.3 Å². The Morgan fingerprint density at radius 2 is 2.44 bits per heavy atom. The second kappa shape index (κ2) is 4.74. The predicted molar refractivity (Wildman–Crippen MR) is 66.1 cm³/mol. The second-order valence-corrected chi connectivity index (χ2v) is 5.16. The molecule has 1 aliphatic rings. The average molecular weight is 264 g/mol. The lowest BCUT2D eigenvalue weighted by Gasteiger charge is -2.29. The summed E-state index contributed by atoms with van der Waals surface area (Å²) in [4.78, 5) is 13.1. The molecule has 2 atom stereocenters. The summed E-state index contributed by atoms with van der Waals surface area (Å²) in [5, 5.41) is 22.3. The molecule has 2 heterocycles. The molecule has 2 unspecified atom stereocenters. The number of allylic oxidation sites excluding steroid dienone is 1. The standard InChI is InChI=1S/C11H12N4O2S/c1-7-10(11(16)17)18-8(2)15(7)9(6-12)14-5-3-4-13-14/h3-5,8-9H,1-2H3,(H,16,17). The van der Waals surface area contributed by atoms with Gasteiger partial charge in [0, 0.05) is 18.1 Å². The van der Waals surface area contributed by atoms with Crippen LogP contribution in [0.4, 0.5) is 0 Å². The second-order valence-electron chi connectivity index (χ2n) is 3.83. The molecule has 6 nitrogen and oxygen atoms in total. The first kappa shape index (κ1) is 12.5. The molecule has 1 aliphatic heterocycles. The van der Waals surface area contributed by atoms with E-state index >= 15 is 0 Å². The third kappa shape index (κ3) is 1.95. The van der Waals surface area contributed by atoms with E-state index in [1.54, 1.807) is 30.3 Å². The first-order valence-electron chi connectivity index (χ1n) is 5.34. The Kier molecular flexibility index (Phi) is 3.30. The molecule has 0 spiro atoms. The van der Waals surface area contributed by atoms with Gasteiger partial charge in [0.2, 0.25) is 6.17 Å². The van der Waals surface area contributed by atoms with Crippen LogP contribution in [0.1, 0.15) is 20.0 Å². The minimum absolute atomic E-state index is 0.107. The van der Waals surface area contributed by atoms with Crippen LogP contribution >= 0.6 is 11.8 Å². The minimum atomic E-state index is -0.955. The summed E-state index contributed by atoms with van der Waals surface area (Å²) >= 11 is 1.24. The highest BCUT2D eigenvalue weighted by Gasteiger charge is 2.36. The van der Waals surface area contributed by atoms with Crippen LogP contribution in [0.2, 0.25) is 0 Å². The molecule has 0 saturated carbocycles. The van der Waals surface area contributed by atoms with Gasteiger partial charge in [-0.15, -0.1) is 0 Å². The largest absolute Gasteiger partial charge is 0.477 e. The van der Waals surface area contributed by atoms with Crippen molar-refractivity contribution in [3.63, 3.8) is 0 Å². The van der Waals surface area contributed by atoms with Crippen molar-refractivity contribution >= 4 is 17.7 Å². The maximum absolute atomic E-state index is 11.1. The summed E-state index contributed by atoms with van der Waals surface area (Å²) in [6.07, 6.45) is 2.66. The molecule has 2 rings (SSSR count). The fourth-order valence-electron chi connectivity index (χ4n) is 1.96. The molecule has 94 valence electrons. The van der Waals surface area contributed by atoms with Crippen LogP contribution < -0.4 is 0 Å². The minimum Gasteiger partial charge on any atom is -0.477 e. The predicted octanol–water partition coefficient (Wildman–Crippen LogP) is 1.62. The van der Waals surface area contributed by atoms with Gasteiger partial charge in [-0.25, -0.2) is 9.48 Å². The van der Waals surface area contributed by atoms with Crippen molar-refractivity contribution in [3.05, 3.63) is 29.1 Å². The molecule has 7 heteroatoms. The Morgan fingerprint density at radius 3 is 2.89 bits per heavy atom. The Morgan fingerprint density at radius 1 is 1.72 bits per heavy atom. The number of aromatic nitrogens is 2. The Labute approximate surface area is 108 Å². The van der Waals surface area contributed by atoms with Crippen molar-refractivity contribution in [2.75, 3.05) is 0 Å². The lowest BCUT2D eigenvalue weighted by Crippen LogP contribution is -2.33. The molecule has 0 bridgehead atoms. The van der Waals surface area contributed by atoms with Crippen molar-refractivity contribution in [2.45, 2.75) is 25.4 Å². The summed E-state index contributed by atoms with van der Waals surface area (Å²) in [6.45, 7) is 3.59. The summed E-state index contributed by atoms with van der Waals surface area (Å²) in [5.74, 6) is -0.955. The highest BCUT2D eigenvalue weighted by Crippen LogP contribution is 2.41. The zero-order valence-electron chi connectivity index (χ0n) is 9.94. The first-order chi connectivity index (χ1) is 8.56. The maximum Gasteiger partial charge on any atom is 0.344 e. The van der Waals surface area contributed by atoms with Gasteiger partial charge in [0.05, 0.1) is 5.37 Å². The molecule has 0 aliphatic carbocycles. The highest BCUT2D eigenvalue weighted by molar-refractivity contribution is 8.04. The Balaban J connectivity index is 2.38. The van der Waals surface area contributed by atoms with Crippen molar-refractivity contribution in [2.24, 2.45) is 0 Å². The van der Waals surface area contributed by atoms with E-state index in [2.05, 4.69) is 11.2 Å². The van der Waals surface area contributed by atoms with Gasteiger partial charge in [-0.3, -0.25) is 0 Å². The van der Waals surface area contributed by atoms with Crippen LogP contribution in [-0.2, 0) is 4.79 Å². The highest BCUT2D eigenvalue weighted by atomic mass is 32.2. The molecule has 1 aromatic rings. The van der Waals surface area contributed by atoms with E-state index in [1.165, 1.54) is 16.4 Å². The number of hydrogen-bond acceptors (Lipinski definition) is 5. The molecular formula is C11H12N4O2S. The van der Waals surface area contributed by atoms with Crippen LogP contribution in [0.3, 0.4) is 0 Å². The van der Waals surface area contributed by atoms with Crippen molar-refractivity contribution in [3.8, 4) is 6.07 Å². The number of thioether (sulfide) groups is 1. The van der Waals surface area contributed by atoms with Crippen molar-refractivity contribution in [1.29, 1.82) is 5.26 Å². The summed E-state index contributed by atoms with van der Waals surface area (Å²) in [5.41, 5.74) is 0.599. The normalized spacial score (nSPS) is 20.9. The third-order valence-electron chi connectivity index (χ3n) is 2.74. The van der Waals surface area contributed by atoms with Gasteiger partial charge in [-0.05, 0) is 19.9 Å². The number of carboxylic acid groups (broad SMARTS) is 1. The van der Waals surface area contributed by atoms with Crippen molar-refractivity contribution < 1.29 is 9.90 Å². The number of hydrogen-bond donors (Lipinski definition) is 1. The van der Waals surface area contributed by atoms with Crippen molar-refractivity contribution in [1.82, 2.24) is 14.7 Å². The van der Waals surface area contributed by atoms with E-state index < -0.39 is 12.1 Å². The van der Waals surface area contributed by atoms with Crippen LogP contribution in [-0.4, -0.2) is 31.1 Å². The molecule has 1 aromatic heterocycles. The quantitative estimate of drug-likeness (QED) is 0.893. The van der Waals surface area contributed by atoms with Gasteiger partial charge < -0.3 is 10.0 Å². The number of aliphatic carboxylic acids is 1. The molecule has 0 amide bonds. The molecule has 1 N–H and O–H groups in total. The average Bonchev–Trinajstić information content (AvgIpc) is 2.92. The number of rotatable bonds is 3. The zero-order chi connectivity index (χ0) is 13.3. The van der Waals surface area contributed by atoms with Gasteiger partial charge in [-0.2, -0.15) is 10.4 Å². The number of carboxylic acids is 1. The fraction of sp³-hybridized carbons (Fsp3) is 0.364. The van der Waals surface area contributed by atoms with E-state index in [0.29, 0.717) is 5.70 Å². The first-order valence-corrected chi connectivity index (χ1v) is 6.22. The van der Waals surface area contributed by atoms with Crippen LogP contribution in [0.25, 0.3) is 0 Å². The van der Waals surface area contributed by atoms with Crippen LogP contribution in [0, 0.1) is 11.3 Å². The zero-order valence-corrected chi connectivity index (χ0v) is 10.8. The summed E-state index contributed by atoms with van der Waals surface area (Å²) < 4.78 is 1.52. The summed E-state index contributed by atoms with van der Waals surface area (Å²) in [7, 11) is 0. The maximum atomic E-state index is 11.1. The lowest BCUT2D eigenvalue weighted by molar-refractivity contribution is -0.131. The Hall–Kier alpha value is -1.94. The van der Waals surface area contributed by atoms with Gasteiger partial charge in [0.15, 0.2) is 0 Å². The Bertz CT molecular complexity index is 532. The molecule has 0 aromatic carbocycles. The van der Waals surface area contributed by atoms with E-state index in [9.17, 15) is 10.1 Å². The molecule has 0 fully saturated rings. The molecule has 0 saturated heterocycles. The lowest BCUT2D eigenvalue weighted by atomic mass is 10.3. The number of nitriles is 1. The van der Waals surface area contributed by atoms with E-state index in [0.717, 1.165) is 0 Å². The smallest absolute Gasteiger partial charge is 0.344 e. The SMILES string of the molecule is CC1=C(C(=O)O)SC(C)N1C(C#N)n1cccn1. The topological polar surface area (TPSA) is 82.1 Å². The monoisotopic (exact) mass is 264 g/mol.